The van der Waals surface area contributed by atoms with Crippen LogP contribution in [0.25, 0.3) is 0 Å². The molecule has 1 fully saturated rings. The van der Waals surface area contributed by atoms with Crippen LogP contribution in [-0.2, 0) is 0 Å². The first-order valence-corrected chi connectivity index (χ1v) is 7.02. The van der Waals surface area contributed by atoms with E-state index in [0.717, 1.165) is 32.0 Å². The van der Waals surface area contributed by atoms with Gasteiger partial charge in [-0.15, -0.1) is 0 Å². The third kappa shape index (κ3) is 3.19. The lowest BCUT2D eigenvalue weighted by Gasteiger charge is -2.23. The first kappa shape index (κ1) is 15.0. The van der Waals surface area contributed by atoms with Crippen LogP contribution in [0.5, 0.6) is 0 Å². The SMILES string of the molecule is CCN1CCCC1CNc1cc(Cl)c(F)cc1[N+](=O)[O-]. The molecule has 2 rings (SSSR count). The smallest absolute Gasteiger partial charge is 0.295 e. The van der Waals surface area contributed by atoms with Crippen molar-refractivity contribution in [2.75, 3.05) is 25.0 Å². The highest BCUT2D eigenvalue weighted by Crippen LogP contribution is 2.30. The molecule has 5 nitrogen and oxygen atoms in total. The maximum Gasteiger partial charge on any atom is 0.295 e. The number of nitro groups is 1. The van der Waals surface area contributed by atoms with Gasteiger partial charge in [-0.2, -0.15) is 0 Å². The number of benzene rings is 1. The zero-order chi connectivity index (χ0) is 14.7. The molecule has 1 aromatic rings. The molecule has 110 valence electrons. The van der Waals surface area contributed by atoms with E-state index in [0.29, 0.717) is 12.6 Å². The summed E-state index contributed by atoms with van der Waals surface area (Å²) >= 11 is 5.69. The summed E-state index contributed by atoms with van der Waals surface area (Å²) in [6, 6.07) is 2.49. The normalized spacial score (nSPS) is 19.2. The van der Waals surface area contributed by atoms with Crippen LogP contribution in [0, 0.1) is 15.9 Å². The maximum atomic E-state index is 13.3. The Labute approximate surface area is 121 Å². The van der Waals surface area contributed by atoms with Gasteiger partial charge in [0.15, 0.2) is 0 Å². The van der Waals surface area contributed by atoms with E-state index in [1.165, 1.54) is 6.07 Å². The van der Waals surface area contributed by atoms with E-state index in [-0.39, 0.29) is 16.4 Å². The number of rotatable bonds is 5. The van der Waals surface area contributed by atoms with E-state index in [1.54, 1.807) is 0 Å². The van der Waals surface area contributed by atoms with E-state index in [1.807, 2.05) is 0 Å². The molecule has 1 aliphatic rings. The van der Waals surface area contributed by atoms with Gasteiger partial charge in [0.05, 0.1) is 16.0 Å². The number of nitrogens with one attached hydrogen (secondary N) is 1. The van der Waals surface area contributed by atoms with E-state index in [4.69, 9.17) is 11.6 Å². The fraction of sp³-hybridized carbons (Fsp3) is 0.538. The average Bonchev–Trinajstić information content (AvgIpc) is 2.86. The zero-order valence-electron chi connectivity index (χ0n) is 11.2. The van der Waals surface area contributed by atoms with Gasteiger partial charge >= 0.3 is 0 Å². The second-order valence-electron chi connectivity index (χ2n) is 4.85. The fourth-order valence-electron chi connectivity index (χ4n) is 2.60. The molecule has 1 saturated heterocycles. The number of halogens is 2. The molecule has 1 aliphatic heterocycles. The van der Waals surface area contributed by atoms with Crippen molar-refractivity contribution < 1.29 is 9.31 Å². The van der Waals surface area contributed by atoms with Gasteiger partial charge in [0.25, 0.3) is 5.69 Å². The van der Waals surface area contributed by atoms with Crippen LogP contribution in [0.3, 0.4) is 0 Å². The monoisotopic (exact) mass is 301 g/mol. The van der Waals surface area contributed by atoms with Crippen molar-refractivity contribution in [3.05, 3.63) is 33.1 Å². The Bertz CT molecular complexity index is 513. The lowest BCUT2D eigenvalue weighted by Crippen LogP contribution is -2.34. The van der Waals surface area contributed by atoms with E-state index in [2.05, 4.69) is 17.1 Å². The highest BCUT2D eigenvalue weighted by molar-refractivity contribution is 6.31. The summed E-state index contributed by atoms with van der Waals surface area (Å²) in [5, 5.41) is 13.9. The molecule has 0 saturated carbocycles. The molecule has 1 aromatic carbocycles. The predicted molar refractivity (Wildman–Crippen MR) is 76.8 cm³/mol. The predicted octanol–water partition coefficient (Wildman–Crippen LogP) is 3.28. The number of hydrogen-bond donors (Lipinski definition) is 1. The third-order valence-corrected chi connectivity index (χ3v) is 3.96. The summed E-state index contributed by atoms with van der Waals surface area (Å²) in [4.78, 5) is 12.7. The van der Waals surface area contributed by atoms with E-state index < -0.39 is 10.7 Å². The van der Waals surface area contributed by atoms with Crippen molar-refractivity contribution in [1.82, 2.24) is 4.90 Å². The van der Waals surface area contributed by atoms with Crippen LogP contribution in [-0.4, -0.2) is 35.5 Å². The highest BCUT2D eigenvalue weighted by atomic mass is 35.5. The van der Waals surface area contributed by atoms with Crippen molar-refractivity contribution in [2.45, 2.75) is 25.8 Å². The van der Waals surface area contributed by atoms with Crippen LogP contribution in [0.2, 0.25) is 5.02 Å². The molecule has 0 radical (unpaired) electrons. The second kappa shape index (κ2) is 6.37. The first-order chi connectivity index (χ1) is 9.52. The largest absolute Gasteiger partial charge is 0.378 e. The van der Waals surface area contributed by atoms with Crippen molar-refractivity contribution in [1.29, 1.82) is 0 Å². The minimum absolute atomic E-state index is 0.114. The summed E-state index contributed by atoms with van der Waals surface area (Å²) in [6.45, 7) is 4.69. The molecular formula is C13H17ClFN3O2. The first-order valence-electron chi connectivity index (χ1n) is 6.64. The lowest BCUT2D eigenvalue weighted by atomic mass is 10.2. The molecule has 1 N–H and O–H groups in total. The van der Waals surface area contributed by atoms with Crippen LogP contribution < -0.4 is 5.32 Å². The van der Waals surface area contributed by atoms with Crippen LogP contribution in [0.4, 0.5) is 15.8 Å². The van der Waals surface area contributed by atoms with Gasteiger partial charge in [-0.3, -0.25) is 15.0 Å². The number of anilines is 1. The minimum Gasteiger partial charge on any atom is -0.378 e. The topological polar surface area (TPSA) is 58.4 Å². The summed E-state index contributed by atoms with van der Waals surface area (Å²) in [5.41, 5.74) is -0.0164. The number of nitro benzene ring substituents is 1. The third-order valence-electron chi connectivity index (χ3n) is 3.67. The summed E-state index contributed by atoms with van der Waals surface area (Å²) < 4.78 is 13.3. The number of nitrogens with zero attached hydrogens (tertiary/aromatic N) is 2. The van der Waals surface area contributed by atoms with Gasteiger partial charge in [-0.05, 0) is 32.0 Å². The van der Waals surface area contributed by atoms with E-state index >= 15 is 0 Å². The highest BCUT2D eigenvalue weighted by Gasteiger charge is 2.24. The number of hydrogen-bond acceptors (Lipinski definition) is 4. The van der Waals surface area contributed by atoms with Gasteiger partial charge in [0, 0.05) is 12.6 Å². The number of likely N-dealkylation sites (N-methyl/N-ethyl adjacent to an activating group) is 1. The quantitative estimate of drug-likeness (QED) is 0.670. The summed E-state index contributed by atoms with van der Waals surface area (Å²) in [6.07, 6.45) is 2.19. The Kier molecular flexibility index (Phi) is 4.77. The van der Waals surface area contributed by atoms with Crippen molar-refractivity contribution in [3.8, 4) is 0 Å². The van der Waals surface area contributed by atoms with Crippen LogP contribution in [0.1, 0.15) is 19.8 Å². The van der Waals surface area contributed by atoms with E-state index in [9.17, 15) is 14.5 Å². The van der Waals surface area contributed by atoms with Gasteiger partial charge in [0.1, 0.15) is 11.5 Å². The molecule has 1 unspecified atom stereocenters. The molecule has 1 atom stereocenters. The van der Waals surface area contributed by atoms with Crippen molar-refractivity contribution in [3.63, 3.8) is 0 Å². The molecule has 0 spiro atoms. The van der Waals surface area contributed by atoms with Gasteiger partial charge in [-0.1, -0.05) is 18.5 Å². The maximum absolute atomic E-state index is 13.3. The van der Waals surface area contributed by atoms with Crippen LogP contribution >= 0.6 is 11.6 Å². The zero-order valence-corrected chi connectivity index (χ0v) is 12.0. The number of likely N-dealkylation sites (tertiary alicyclic amines) is 1. The molecule has 20 heavy (non-hydrogen) atoms. The standard InChI is InChI=1S/C13H17ClFN3O2/c1-2-17-5-3-4-9(17)8-16-12-6-10(14)11(15)7-13(12)18(19)20/h6-7,9,16H,2-5,8H2,1H3. The average molecular weight is 302 g/mol. The Morgan fingerprint density at radius 1 is 1.60 bits per heavy atom. The lowest BCUT2D eigenvalue weighted by molar-refractivity contribution is -0.384. The summed E-state index contributed by atoms with van der Waals surface area (Å²) in [5.74, 6) is -0.778. The Morgan fingerprint density at radius 2 is 2.35 bits per heavy atom. The second-order valence-corrected chi connectivity index (χ2v) is 5.25. The van der Waals surface area contributed by atoms with Crippen molar-refractivity contribution >= 4 is 23.0 Å². The van der Waals surface area contributed by atoms with Gasteiger partial charge in [0.2, 0.25) is 0 Å². The van der Waals surface area contributed by atoms with Crippen LogP contribution in [0.15, 0.2) is 12.1 Å². The molecular weight excluding hydrogens is 285 g/mol. The Hall–Kier alpha value is -1.40. The molecule has 7 heteroatoms. The molecule has 0 bridgehead atoms. The van der Waals surface area contributed by atoms with Gasteiger partial charge in [-0.25, -0.2) is 4.39 Å². The minimum atomic E-state index is -0.778. The Balaban J connectivity index is 2.12. The van der Waals surface area contributed by atoms with Crippen molar-refractivity contribution in [2.24, 2.45) is 0 Å². The molecule has 0 aliphatic carbocycles. The van der Waals surface area contributed by atoms with Gasteiger partial charge < -0.3 is 5.32 Å². The molecule has 0 amide bonds. The molecule has 1 heterocycles. The summed E-state index contributed by atoms with van der Waals surface area (Å²) in [7, 11) is 0. The molecule has 0 aromatic heterocycles. The fourth-order valence-corrected chi connectivity index (χ4v) is 2.76. The Morgan fingerprint density at radius 3 is 3.00 bits per heavy atom.